The predicted molar refractivity (Wildman–Crippen MR) is 97.2 cm³/mol. The summed E-state index contributed by atoms with van der Waals surface area (Å²) in [5.74, 6) is 0.153. The fourth-order valence-corrected chi connectivity index (χ4v) is 3.87. The van der Waals surface area contributed by atoms with E-state index in [0.717, 1.165) is 42.2 Å². The molecule has 0 unspecified atom stereocenters. The summed E-state index contributed by atoms with van der Waals surface area (Å²) in [5.41, 5.74) is 3.35. The zero-order valence-electron chi connectivity index (χ0n) is 15.0. The average molecular weight is 347 g/mol. The van der Waals surface area contributed by atoms with Crippen molar-refractivity contribution in [2.75, 3.05) is 13.6 Å². The Labute approximate surface area is 147 Å². The minimum absolute atomic E-state index is 0.153. The zero-order valence-corrected chi connectivity index (χ0v) is 15.8. The van der Waals surface area contributed by atoms with Gasteiger partial charge < -0.3 is 9.47 Å². The second-order valence-electron chi connectivity index (χ2n) is 6.85. The van der Waals surface area contributed by atoms with Crippen LogP contribution in [0.1, 0.15) is 46.9 Å². The number of nitrogens with zero attached hydrogens (tertiary/aromatic N) is 4. The van der Waals surface area contributed by atoms with Crippen LogP contribution in [-0.2, 0) is 19.6 Å². The van der Waals surface area contributed by atoms with E-state index in [1.54, 1.807) is 0 Å². The molecule has 0 atom stereocenters. The molecule has 0 fully saturated rings. The summed E-state index contributed by atoms with van der Waals surface area (Å²) in [6.45, 7) is 9.58. The van der Waals surface area contributed by atoms with Crippen LogP contribution in [0, 0.1) is 6.92 Å². The van der Waals surface area contributed by atoms with Gasteiger partial charge in [0, 0.05) is 25.7 Å². The third kappa shape index (κ3) is 3.39. The Morgan fingerprint density at radius 1 is 1.42 bits per heavy atom. The SMILES string of the molecule is Cc1ccsc1C(=O)N1CCCn2cnc(CN(C)C(C)C)c2C1. The highest BCUT2D eigenvalue weighted by molar-refractivity contribution is 7.12. The van der Waals surface area contributed by atoms with Crippen molar-refractivity contribution in [3.63, 3.8) is 0 Å². The second-order valence-corrected chi connectivity index (χ2v) is 7.77. The van der Waals surface area contributed by atoms with Gasteiger partial charge in [0.15, 0.2) is 0 Å². The largest absolute Gasteiger partial charge is 0.333 e. The Balaban J connectivity index is 1.83. The first-order chi connectivity index (χ1) is 11.5. The summed E-state index contributed by atoms with van der Waals surface area (Å²) >= 11 is 1.54. The molecule has 0 saturated heterocycles. The van der Waals surface area contributed by atoms with E-state index in [4.69, 9.17) is 0 Å². The summed E-state index contributed by atoms with van der Waals surface area (Å²) in [6, 6.07) is 2.49. The fraction of sp³-hybridized carbons (Fsp3) is 0.556. The van der Waals surface area contributed by atoms with Crippen LogP contribution in [0.15, 0.2) is 17.8 Å². The zero-order chi connectivity index (χ0) is 17.3. The number of fused-ring (bicyclic) bond motifs is 1. The third-order valence-electron chi connectivity index (χ3n) is 4.82. The normalized spacial score (nSPS) is 15.0. The number of rotatable bonds is 4. The van der Waals surface area contributed by atoms with E-state index in [-0.39, 0.29) is 5.91 Å². The number of hydrogen-bond acceptors (Lipinski definition) is 4. The van der Waals surface area contributed by atoms with Gasteiger partial charge in [-0.05, 0) is 51.2 Å². The van der Waals surface area contributed by atoms with Crippen LogP contribution in [0.3, 0.4) is 0 Å². The van der Waals surface area contributed by atoms with Crippen LogP contribution in [0.2, 0.25) is 0 Å². The second kappa shape index (κ2) is 7.07. The van der Waals surface area contributed by atoms with Crippen molar-refractivity contribution in [1.29, 1.82) is 0 Å². The summed E-state index contributed by atoms with van der Waals surface area (Å²) in [7, 11) is 2.12. The van der Waals surface area contributed by atoms with Crippen LogP contribution in [0.25, 0.3) is 0 Å². The molecule has 0 N–H and O–H groups in total. The van der Waals surface area contributed by atoms with E-state index in [2.05, 4.69) is 35.3 Å². The molecular weight excluding hydrogens is 320 g/mol. The lowest BCUT2D eigenvalue weighted by atomic mass is 10.2. The molecule has 0 bridgehead atoms. The standard InChI is InChI=1S/C18H26N4OS/c1-13(2)20(4)10-15-16-11-21(7-5-8-22(16)12-19-15)18(23)17-14(3)6-9-24-17/h6,9,12-13H,5,7-8,10-11H2,1-4H3. The molecule has 0 aliphatic carbocycles. The van der Waals surface area contributed by atoms with E-state index in [0.29, 0.717) is 12.6 Å². The number of aryl methyl sites for hydroxylation is 2. The van der Waals surface area contributed by atoms with Gasteiger partial charge in [-0.1, -0.05) is 0 Å². The lowest BCUT2D eigenvalue weighted by Gasteiger charge is -2.23. The quantitative estimate of drug-likeness (QED) is 0.854. The molecule has 3 heterocycles. The maximum absolute atomic E-state index is 12.9. The van der Waals surface area contributed by atoms with Crippen LogP contribution in [-0.4, -0.2) is 44.9 Å². The first-order valence-electron chi connectivity index (χ1n) is 8.54. The molecule has 24 heavy (non-hydrogen) atoms. The van der Waals surface area contributed by atoms with Gasteiger partial charge in [-0.25, -0.2) is 4.98 Å². The maximum atomic E-state index is 12.9. The third-order valence-corrected chi connectivity index (χ3v) is 5.83. The highest BCUT2D eigenvalue weighted by Gasteiger charge is 2.25. The van der Waals surface area contributed by atoms with Crippen LogP contribution in [0.5, 0.6) is 0 Å². The molecule has 6 heteroatoms. The molecule has 0 radical (unpaired) electrons. The van der Waals surface area contributed by atoms with Gasteiger partial charge in [-0.3, -0.25) is 9.69 Å². The number of amides is 1. The molecular formula is C18H26N4OS. The van der Waals surface area contributed by atoms with Crippen LogP contribution < -0.4 is 0 Å². The Morgan fingerprint density at radius 2 is 2.21 bits per heavy atom. The first kappa shape index (κ1) is 17.2. The van der Waals surface area contributed by atoms with Crippen molar-refractivity contribution in [3.05, 3.63) is 39.6 Å². The van der Waals surface area contributed by atoms with Gasteiger partial charge >= 0.3 is 0 Å². The van der Waals surface area contributed by atoms with Gasteiger partial charge in [-0.2, -0.15) is 0 Å². The molecule has 1 amide bonds. The topological polar surface area (TPSA) is 41.4 Å². The number of aromatic nitrogens is 2. The number of imidazole rings is 1. The van der Waals surface area contributed by atoms with Gasteiger partial charge in [0.25, 0.3) is 5.91 Å². The van der Waals surface area contributed by atoms with E-state index < -0.39 is 0 Å². The monoisotopic (exact) mass is 346 g/mol. The summed E-state index contributed by atoms with van der Waals surface area (Å²) in [5, 5.41) is 1.99. The van der Waals surface area contributed by atoms with Crippen molar-refractivity contribution >= 4 is 17.2 Å². The molecule has 2 aromatic heterocycles. The number of carbonyl (C=O) groups is 1. The summed E-state index contributed by atoms with van der Waals surface area (Å²) in [4.78, 5) is 22.7. The van der Waals surface area contributed by atoms with Crippen LogP contribution >= 0.6 is 11.3 Å². The number of carbonyl (C=O) groups excluding carboxylic acids is 1. The summed E-state index contributed by atoms with van der Waals surface area (Å²) < 4.78 is 2.22. The first-order valence-corrected chi connectivity index (χ1v) is 9.41. The maximum Gasteiger partial charge on any atom is 0.264 e. The van der Waals surface area contributed by atoms with Crippen molar-refractivity contribution in [3.8, 4) is 0 Å². The molecule has 1 aliphatic rings. The lowest BCUT2D eigenvalue weighted by Crippen LogP contribution is -2.31. The molecule has 0 aromatic carbocycles. The van der Waals surface area contributed by atoms with E-state index in [1.807, 2.05) is 29.6 Å². The lowest BCUT2D eigenvalue weighted by molar-refractivity contribution is 0.0749. The molecule has 0 saturated carbocycles. The van der Waals surface area contributed by atoms with Gasteiger partial charge in [0.05, 0.1) is 29.1 Å². The van der Waals surface area contributed by atoms with Crippen LogP contribution in [0.4, 0.5) is 0 Å². The summed E-state index contributed by atoms with van der Waals surface area (Å²) in [6.07, 6.45) is 2.90. The smallest absolute Gasteiger partial charge is 0.264 e. The molecule has 3 rings (SSSR count). The molecule has 130 valence electrons. The Bertz CT molecular complexity index is 718. The van der Waals surface area contributed by atoms with E-state index in [9.17, 15) is 4.79 Å². The fourth-order valence-electron chi connectivity index (χ4n) is 2.98. The Kier molecular flexibility index (Phi) is 5.06. The van der Waals surface area contributed by atoms with Crippen molar-refractivity contribution < 1.29 is 4.79 Å². The van der Waals surface area contributed by atoms with Gasteiger partial charge in [0.2, 0.25) is 0 Å². The van der Waals surface area contributed by atoms with Crippen molar-refractivity contribution in [2.24, 2.45) is 0 Å². The Morgan fingerprint density at radius 3 is 2.88 bits per heavy atom. The van der Waals surface area contributed by atoms with Gasteiger partial charge in [-0.15, -0.1) is 11.3 Å². The average Bonchev–Trinajstić information content (AvgIpc) is 3.06. The molecule has 2 aromatic rings. The Hall–Kier alpha value is -1.66. The predicted octanol–water partition coefficient (Wildman–Crippen LogP) is 3.14. The number of hydrogen-bond donors (Lipinski definition) is 0. The van der Waals surface area contributed by atoms with Crippen molar-refractivity contribution in [2.45, 2.75) is 52.9 Å². The van der Waals surface area contributed by atoms with Crippen molar-refractivity contribution in [1.82, 2.24) is 19.4 Å². The van der Waals surface area contributed by atoms with E-state index >= 15 is 0 Å². The number of thiophene rings is 1. The molecule has 0 spiro atoms. The highest BCUT2D eigenvalue weighted by Crippen LogP contribution is 2.23. The van der Waals surface area contributed by atoms with Gasteiger partial charge in [0.1, 0.15) is 0 Å². The molecule has 1 aliphatic heterocycles. The minimum atomic E-state index is 0.153. The molecule has 5 nitrogen and oxygen atoms in total. The van der Waals surface area contributed by atoms with E-state index in [1.165, 1.54) is 17.0 Å². The highest BCUT2D eigenvalue weighted by atomic mass is 32.1. The minimum Gasteiger partial charge on any atom is -0.333 e.